The number of hydrogen-bond donors (Lipinski definition) is 0. The number of aromatic nitrogens is 2. The molecule has 2 aromatic heterocycles. The second-order valence-corrected chi connectivity index (χ2v) is 12.1. The lowest BCUT2D eigenvalue weighted by molar-refractivity contribution is 0.269. The number of fused-ring (bicyclic) bond motifs is 1. The van der Waals surface area contributed by atoms with Gasteiger partial charge in [0.25, 0.3) is 10.0 Å². The molecule has 1 aliphatic rings. The first-order chi connectivity index (χ1) is 18.8. The maximum Gasteiger partial charge on any atom is 0.268 e. The molecule has 0 radical (unpaired) electrons. The Kier molecular flexibility index (Phi) is 8.02. The van der Waals surface area contributed by atoms with Crippen LogP contribution in [0.4, 0.5) is 0 Å². The summed E-state index contributed by atoms with van der Waals surface area (Å²) in [4.78, 5) is 5.20. The van der Waals surface area contributed by atoms with Gasteiger partial charge in [0.2, 0.25) is 0 Å². The van der Waals surface area contributed by atoms with Crippen LogP contribution in [0.1, 0.15) is 18.4 Å². The Morgan fingerprint density at radius 1 is 0.897 bits per heavy atom. The average molecular weight is 551 g/mol. The van der Waals surface area contributed by atoms with Crippen LogP contribution in [0, 0.1) is 6.92 Å². The lowest BCUT2D eigenvalue weighted by atomic mass is 10.1. The van der Waals surface area contributed by atoms with E-state index < -0.39 is 10.0 Å². The van der Waals surface area contributed by atoms with E-state index in [1.54, 1.807) is 38.6 Å². The Hall–Kier alpha value is -3.27. The maximum absolute atomic E-state index is 13.7. The van der Waals surface area contributed by atoms with Gasteiger partial charge in [-0.15, -0.1) is 0 Å². The van der Waals surface area contributed by atoms with E-state index in [1.165, 1.54) is 10.4 Å². The van der Waals surface area contributed by atoms with Gasteiger partial charge in [-0.05, 0) is 76.8 Å². The average Bonchev–Trinajstić information content (AvgIpc) is 3.50. The molecule has 8 nitrogen and oxygen atoms in total. The van der Waals surface area contributed by atoms with Gasteiger partial charge in [-0.25, -0.2) is 12.4 Å². The molecule has 0 aliphatic carbocycles. The summed E-state index contributed by atoms with van der Waals surface area (Å²) in [6.07, 6.45) is 5.86. The first-order valence-corrected chi connectivity index (χ1v) is 14.9. The standard InChI is InChI=1S/C30H38N4O4S/c1-23-9-11-24(12-10-23)39(35,36)34-17-5-8-27(34)26-22-33(16-7-15-32-14-6-13-31(2)18-19-32)28-21-30(38-4)29(37-3)20-25(26)28/h5,8-12,17,20-22H,6-7,13-16,18-19H2,1-4H3. The van der Waals surface area contributed by atoms with Crippen LogP contribution in [-0.2, 0) is 16.6 Å². The van der Waals surface area contributed by atoms with Crippen LogP contribution >= 0.6 is 0 Å². The van der Waals surface area contributed by atoms with Crippen molar-refractivity contribution in [3.05, 3.63) is 66.5 Å². The summed E-state index contributed by atoms with van der Waals surface area (Å²) in [5, 5.41) is 0.920. The fraction of sp³-hybridized carbons (Fsp3) is 0.400. The highest BCUT2D eigenvalue weighted by molar-refractivity contribution is 7.90. The lowest BCUT2D eigenvalue weighted by Crippen LogP contribution is -2.30. The van der Waals surface area contributed by atoms with E-state index >= 15 is 0 Å². The minimum absolute atomic E-state index is 0.261. The first kappa shape index (κ1) is 27.3. The van der Waals surface area contributed by atoms with E-state index in [2.05, 4.69) is 27.6 Å². The molecule has 4 aromatic rings. The minimum Gasteiger partial charge on any atom is -0.493 e. The molecule has 0 bridgehead atoms. The van der Waals surface area contributed by atoms with Gasteiger partial charge in [-0.1, -0.05) is 17.7 Å². The number of likely N-dealkylation sites (N-methyl/N-ethyl adjacent to an activating group) is 1. The zero-order valence-corrected chi connectivity index (χ0v) is 24.1. The van der Waals surface area contributed by atoms with Crippen molar-refractivity contribution in [2.45, 2.75) is 31.2 Å². The molecule has 208 valence electrons. The Morgan fingerprint density at radius 3 is 2.38 bits per heavy atom. The summed E-state index contributed by atoms with van der Waals surface area (Å²) in [5.41, 5.74) is 3.45. The van der Waals surface area contributed by atoms with Crippen molar-refractivity contribution in [2.24, 2.45) is 0 Å². The van der Waals surface area contributed by atoms with Gasteiger partial charge in [0.15, 0.2) is 11.5 Å². The fourth-order valence-electron chi connectivity index (χ4n) is 5.40. The molecule has 3 heterocycles. The molecular formula is C30H38N4O4S. The summed E-state index contributed by atoms with van der Waals surface area (Å²) < 4.78 is 42.2. The lowest BCUT2D eigenvalue weighted by Gasteiger charge is -2.20. The van der Waals surface area contributed by atoms with Crippen LogP contribution in [0.3, 0.4) is 0 Å². The van der Waals surface area contributed by atoms with Crippen LogP contribution in [0.5, 0.6) is 11.5 Å². The largest absolute Gasteiger partial charge is 0.493 e. The highest BCUT2D eigenvalue weighted by Gasteiger charge is 2.23. The third-order valence-electron chi connectivity index (χ3n) is 7.64. The molecule has 5 rings (SSSR count). The molecule has 2 aromatic carbocycles. The Balaban J connectivity index is 1.52. The number of aryl methyl sites for hydroxylation is 2. The van der Waals surface area contributed by atoms with Crippen LogP contribution in [-0.4, -0.2) is 80.7 Å². The molecule has 0 spiro atoms. The van der Waals surface area contributed by atoms with Gasteiger partial charge >= 0.3 is 0 Å². The van der Waals surface area contributed by atoms with Crippen LogP contribution in [0.15, 0.2) is 65.8 Å². The topological polar surface area (TPSA) is 68.9 Å². The van der Waals surface area contributed by atoms with E-state index in [-0.39, 0.29) is 4.90 Å². The molecule has 1 fully saturated rings. The summed E-state index contributed by atoms with van der Waals surface area (Å²) in [5.74, 6) is 1.26. The highest BCUT2D eigenvalue weighted by Crippen LogP contribution is 2.39. The number of rotatable bonds is 9. The number of benzene rings is 2. The smallest absolute Gasteiger partial charge is 0.268 e. The number of hydrogen-bond acceptors (Lipinski definition) is 6. The molecule has 0 N–H and O–H groups in total. The molecular weight excluding hydrogens is 512 g/mol. The van der Waals surface area contributed by atoms with Crippen molar-refractivity contribution < 1.29 is 17.9 Å². The summed E-state index contributed by atoms with van der Waals surface area (Å²) in [7, 11) is 1.66. The number of methoxy groups -OCH3 is 2. The second kappa shape index (κ2) is 11.5. The van der Waals surface area contributed by atoms with Crippen molar-refractivity contribution >= 4 is 20.9 Å². The minimum atomic E-state index is -3.78. The van der Waals surface area contributed by atoms with E-state index in [9.17, 15) is 8.42 Å². The van der Waals surface area contributed by atoms with Gasteiger partial charge in [-0.2, -0.15) is 0 Å². The second-order valence-electron chi connectivity index (χ2n) is 10.3. The van der Waals surface area contributed by atoms with Crippen molar-refractivity contribution in [1.82, 2.24) is 18.3 Å². The van der Waals surface area contributed by atoms with Gasteiger partial charge in [0.05, 0.1) is 30.3 Å². The van der Waals surface area contributed by atoms with Gasteiger partial charge in [0.1, 0.15) is 0 Å². The van der Waals surface area contributed by atoms with Crippen LogP contribution in [0.2, 0.25) is 0 Å². The first-order valence-electron chi connectivity index (χ1n) is 13.5. The SMILES string of the molecule is COc1cc2c(-c3cccn3S(=O)(=O)c3ccc(C)cc3)cn(CCCN3CCCN(C)CC3)c2cc1OC. The number of nitrogens with zero attached hydrogens (tertiary/aromatic N) is 4. The van der Waals surface area contributed by atoms with Crippen molar-refractivity contribution in [2.75, 3.05) is 54.0 Å². The molecule has 0 unspecified atom stereocenters. The van der Waals surface area contributed by atoms with Gasteiger partial charge < -0.3 is 23.8 Å². The van der Waals surface area contributed by atoms with Crippen molar-refractivity contribution in [3.63, 3.8) is 0 Å². The van der Waals surface area contributed by atoms with Crippen molar-refractivity contribution in [1.29, 1.82) is 0 Å². The van der Waals surface area contributed by atoms with Crippen LogP contribution < -0.4 is 9.47 Å². The predicted molar refractivity (Wildman–Crippen MR) is 155 cm³/mol. The monoisotopic (exact) mass is 550 g/mol. The fourth-order valence-corrected chi connectivity index (χ4v) is 6.76. The molecule has 0 atom stereocenters. The Labute approximate surface area is 231 Å². The summed E-state index contributed by atoms with van der Waals surface area (Å²) >= 11 is 0. The van der Waals surface area contributed by atoms with Gasteiger partial charge in [0, 0.05) is 49.0 Å². The Morgan fingerprint density at radius 2 is 1.64 bits per heavy atom. The van der Waals surface area contributed by atoms with E-state index in [0.717, 1.165) is 67.7 Å². The zero-order chi connectivity index (χ0) is 27.6. The molecule has 1 aliphatic heterocycles. The maximum atomic E-state index is 13.7. The molecule has 9 heteroatoms. The van der Waals surface area contributed by atoms with E-state index in [4.69, 9.17) is 9.47 Å². The Bertz CT molecular complexity index is 1540. The van der Waals surface area contributed by atoms with Crippen LogP contribution in [0.25, 0.3) is 22.2 Å². The molecule has 0 amide bonds. The molecule has 39 heavy (non-hydrogen) atoms. The third kappa shape index (κ3) is 5.57. The quantitative estimate of drug-likeness (QED) is 0.301. The number of ether oxygens (including phenoxy) is 2. The third-order valence-corrected chi connectivity index (χ3v) is 9.34. The van der Waals surface area contributed by atoms with E-state index in [1.807, 2.05) is 37.3 Å². The highest BCUT2D eigenvalue weighted by atomic mass is 32.2. The zero-order valence-electron chi connectivity index (χ0n) is 23.3. The van der Waals surface area contributed by atoms with Crippen molar-refractivity contribution in [3.8, 4) is 22.8 Å². The summed E-state index contributed by atoms with van der Waals surface area (Å²) in [6.45, 7) is 8.23. The predicted octanol–water partition coefficient (Wildman–Crippen LogP) is 4.70. The summed E-state index contributed by atoms with van der Waals surface area (Å²) in [6, 6.07) is 14.5. The molecule has 1 saturated heterocycles. The normalized spacial score (nSPS) is 15.5. The van der Waals surface area contributed by atoms with E-state index in [0.29, 0.717) is 17.2 Å². The molecule has 0 saturated carbocycles. The van der Waals surface area contributed by atoms with Gasteiger partial charge in [-0.3, -0.25) is 0 Å².